The largest absolute Gasteiger partial charge is 0.261 e. The minimum absolute atomic E-state index is 0.922. The average molecular weight is 202 g/mol. The molecule has 1 aromatic heterocycles. The Labute approximate surface area is 88.0 Å². The van der Waals surface area contributed by atoms with E-state index in [2.05, 4.69) is 47.0 Å². The van der Waals surface area contributed by atoms with Gasteiger partial charge in [-0.1, -0.05) is 48.2 Å². The number of hydrogen-bond acceptors (Lipinski definition) is 1. The van der Waals surface area contributed by atoms with Crippen molar-refractivity contribution in [3.05, 3.63) is 59.1 Å². The van der Waals surface area contributed by atoms with E-state index in [1.165, 1.54) is 10.6 Å². The van der Waals surface area contributed by atoms with Crippen molar-refractivity contribution in [3.8, 4) is 0 Å². The predicted molar refractivity (Wildman–Crippen MR) is 60.1 cm³/mol. The summed E-state index contributed by atoms with van der Waals surface area (Å²) < 4.78 is 2.20. The molecule has 0 bridgehead atoms. The van der Waals surface area contributed by atoms with Crippen LogP contribution in [0, 0.1) is 0 Å². The molecule has 2 aromatic rings. The van der Waals surface area contributed by atoms with E-state index in [0.717, 1.165) is 6.54 Å². The van der Waals surface area contributed by atoms with Crippen LogP contribution >= 0.6 is 11.3 Å². The molecule has 0 saturated carbocycles. The van der Waals surface area contributed by atoms with E-state index in [0.29, 0.717) is 0 Å². The van der Waals surface area contributed by atoms with Gasteiger partial charge in [-0.3, -0.25) is 0 Å². The van der Waals surface area contributed by atoms with E-state index in [9.17, 15) is 0 Å². The zero-order chi connectivity index (χ0) is 9.80. The summed E-state index contributed by atoms with van der Waals surface area (Å²) in [6.45, 7) is 4.72. The van der Waals surface area contributed by atoms with Crippen LogP contribution < -0.4 is 4.57 Å². The normalized spacial score (nSPS) is 10.0. The first-order chi connectivity index (χ1) is 6.90. The number of hydrogen-bond donors (Lipinski definition) is 0. The van der Waals surface area contributed by atoms with Gasteiger partial charge in [0.15, 0.2) is 12.7 Å². The predicted octanol–water partition coefficient (Wildman–Crippen LogP) is 2.73. The van der Waals surface area contributed by atoms with Crippen molar-refractivity contribution in [2.24, 2.45) is 0 Å². The second-order valence-electron chi connectivity index (χ2n) is 3.06. The maximum atomic E-state index is 3.80. The fourth-order valence-electron chi connectivity index (χ4n) is 1.39. The van der Waals surface area contributed by atoms with E-state index in [-0.39, 0.29) is 0 Å². The van der Waals surface area contributed by atoms with Crippen LogP contribution in [-0.2, 0) is 6.54 Å². The van der Waals surface area contributed by atoms with Gasteiger partial charge in [-0.25, -0.2) is 0 Å². The summed E-state index contributed by atoms with van der Waals surface area (Å²) in [5, 5.41) is 3.29. The van der Waals surface area contributed by atoms with E-state index in [1.807, 2.05) is 12.1 Å². The van der Waals surface area contributed by atoms with Gasteiger partial charge in [0.2, 0.25) is 0 Å². The van der Waals surface area contributed by atoms with Gasteiger partial charge in [0, 0.05) is 11.6 Å². The molecule has 0 aliphatic heterocycles. The van der Waals surface area contributed by atoms with Crippen LogP contribution in [0.25, 0.3) is 6.08 Å². The maximum Gasteiger partial charge on any atom is 0.261 e. The highest BCUT2D eigenvalue weighted by Gasteiger charge is 2.08. The summed E-state index contributed by atoms with van der Waals surface area (Å²) in [6, 6.07) is 10.4. The molecule has 0 radical (unpaired) electrons. The summed E-state index contributed by atoms with van der Waals surface area (Å²) in [6.07, 6.45) is 3.99. The first-order valence-electron chi connectivity index (χ1n) is 4.53. The first kappa shape index (κ1) is 9.16. The fraction of sp³-hybridized carbons (Fsp3) is 0.0833. The Bertz CT molecular complexity index is 417. The summed E-state index contributed by atoms with van der Waals surface area (Å²) in [7, 11) is 0. The molecule has 0 aliphatic carbocycles. The van der Waals surface area contributed by atoms with Crippen LogP contribution in [0.4, 0.5) is 0 Å². The Hall–Kier alpha value is -1.41. The van der Waals surface area contributed by atoms with E-state index >= 15 is 0 Å². The molecular formula is C12H12NS+. The SMILES string of the molecule is C=Cc1scc[n+]1Cc1ccccc1. The molecule has 0 amide bonds. The molecule has 0 unspecified atom stereocenters. The van der Waals surface area contributed by atoms with Gasteiger partial charge in [-0.05, 0) is 0 Å². The standard InChI is InChI=1S/C12H12NS/c1-2-12-13(8-9-14-12)10-11-6-4-3-5-7-11/h2-9H,1,10H2/q+1. The second kappa shape index (κ2) is 4.20. The molecule has 1 heterocycles. The molecule has 0 spiro atoms. The summed E-state index contributed by atoms with van der Waals surface area (Å²) in [4.78, 5) is 0. The number of nitrogens with zero attached hydrogens (tertiary/aromatic N) is 1. The lowest BCUT2D eigenvalue weighted by Gasteiger charge is -1.95. The van der Waals surface area contributed by atoms with Crippen molar-refractivity contribution in [2.45, 2.75) is 6.54 Å². The van der Waals surface area contributed by atoms with Crippen LogP contribution in [0.5, 0.6) is 0 Å². The number of thiazole rings is 1. The number of aromatic nitrogens is 1. The lowest BCUT2D eigenvalue weighted by molar-refractivity contribution is -0.685. The highest BCUT2D eigenvalue weighted by molar-refractivity contribution is 7.10. The average Bonchev–Trinajstić information content (AvgIpc) is 2.67. The monoisotopic (exact) mass is 202 g/mol. The molecule has 1 nitrogen and oxygen atoms in total. The van der Waals surface area contributed by atoms with Gasteiger partial charge in [0.05, 0.1) is 5.38 Å². The Balaban J connectivity index is 2.23. The van der Waals surface area contributed by atoms with Crippen molar-refractivity contribution >= 4 is 17.4 Å². The van der Waals surface area contributed by atoms with E-state index in [4.69, 9.17) is 0 Å². The molecule has 0 saturated heterocycles. The van der Waals surface area contributed by atoms with Crippen LogP contribution in [0.2, 0.25) is 0 Å². The molecule has 2 heteroatoms. The molecule has 1 aromatic carbocycles. The quantitative estimate of drug-likeness (QED) is 0.674. The molecule has 0 aliphatic rings. The Morgan fingerprint density at radius 3 is 2.79 bits per heavy atom. The minimum Gasteiger partial charge on any atom is -0.185 e. The van der Waals surface area contributed by atoms with Gasteiger partial charge in [0.25, 0.3) is 5.01 Å². The van der Waals surface area contributed by atoms with Crippen LogP contribution in [0.15, 0.2) is 48.5 Å². The number of rotatable bonds is 3. The van der Waals surface area contributed by atoms with Crippen molar-refractivity contribution in [1.82, 2.24) is 0 Å². The van der Waals surface area contributed by atoms with Crippen molar-refractivity contribution in [1.29, 1.82) is 0 Å². The van der Waals surface area contributed by atoms with E-state index < -0.39 is 0 Å². The third kappa shape index (κ3) is 1.91. The Kier molecular flexibility index (Phi) is 2.75. The molecule has 0 fully saturated rings. The van der Waals surface area contributed by atoms with Gasteiger partial charge in [-0.15, -0.1) is 0 Å². The van der Waals surface area contributed by atoms with Crippen LogP contribution in [-0.4, -0.2) is 0 Å². The van der Waals surface area contributed by atoms with Gasteiger partial charge in [0.1, 0.15) is 0 Å². The maximum absolute atomic E-state index is 3.80. The molecule has 70 valence electrons. The Morgan fingerprint density at radius 1 is 1.29 bits per heavy atom. The van der Waals surface area contributed by atoms with Crippen LogP contribution in [0.3, 0.4) is 0 Å². The Morgan fingerprint density at radius 2 is 2.07 bits per heavy atom. The summed E-state index contributed by atoms with van der Waals surface area (Å²) in [5.74, 6) is 0. The highest BCUT2D eigenvalue weighted by Crippen LogP contribution is 2.05. The zero-order valence-electron chi connectivity index (χ0n) is 7.89. The van der Waals surface area contributed by atoms with Gasteiger partial charge < -0.3 is 0 Å². The number of benzene rings is 1. The zero-order valence-corrected chi connectivity index (χ0v) is 8.70. The minimum atomic E-state index is 0.922. The highest BCUT2D eigenvalue weighted by atomic mass is 32.1. The van der Waals surface area contributed by atoms with E-state index in [1.54, 1.807) is 11.3 Å². The lowest BCUT2D eigenvalue weighted by Crippen LogP contribution is -2.34. The smallest absolute Gasteiger partial charge is 0.185 e. The van der Waals surface area contributed by atoms with Gasteiger partial charge in [-0.2, -0.15) is 4.57 Å². The first-order valence-corrected chi connectivity index (χ1v) is 5.41. The second-order valence-corrected chi connectivity index (χ2v) is 3.99. The molecule has 14 heavy (non-hydrogen) atoms. The van der Waals surface area contributed by atoms with Crippen molar-refractivity contribution < 1.29 is 4.57 Å². The summed E-state index contributed by atoms with van der Waals surface area (Å²) >= 11 is 1.71. The van der Waals surface area contributed by atoms with Crippen molar-refractivity contribution in [3.63, 3.8) is 0 Å². The topological polar surface area (TPSA) is 3.88 Å². The molecule has 2 rings (SSSR count). The third-order valence-electron chi connectivity index (χ3n) is 2.08. The summed E-state index contributed by atoms with van der Waals surface area (Å²) in [5.41, 5.74) is 1.32. The fourth-order valence-corrected chi connectivity index (χ4v) is 2.10. The lowest BCUT2D eigenvalue weighted by atomic mass is 10.2. The van der Waals surface area contributed by atoms with Crippen LogP contribution in [0.1, 0.15) is 10.6 Å². The molecule has 0 atom stereocenters. The molecular weight excluding hydrogens is 190 g/mol. The van der Waals surface area contributed by atoms with Gasteiger partial charge >= 0.3 is 0 Å². The molecule has 0 N–H and O–H groups in total. The van der Waals surface area contributed by atoms with Crippen molar-refractivity contribution in [2.75, 3.05) is 0 Å². The third-order valence-corrected chi connectivity index (χ3v) is 2.98.